The Bertz CT molecular complexity index is 2380. The van der Waals surface area contributed by atoms with Gasteiger partial charge in [-0.3, -0.25) is 20.0 Å². The van der Waals surface area contributed by atoms with Gasteiger partial charge in [0.15, 0.2) is 0 Å². The molecule has 6 aromatic carbocycles. The van der Waals surface area contributed by atoms with Crippen molar-refractivity contribution in [1.29, 1.82) is 0 Å². The Balaban J connectivity index is 0.000000215. The molecule has 6 nitrogen and oxygen atoms in total. The van der Waals surface area contributed by atoms with E-state index in [4.69, 9.17) is 10.4 Å². The number of benzene rings is 6. The van der Waals surface area contributed by atoms with Crippen molar-refractivity contribution in [1.82, 2.24) is 11.0 Å². The number of rotatable bonds is 6. The molecule has 2 atom stereocenters. The van der Waals surface area contributed by atoms with E-state index in [2.05, 4.69) is 23.7 Å². The highest BCUT2D eigenvalue weighted by Crippen LogP contribution is 2.29. The predicted molar refractivity (Wildman–Crippen MR) is 199 cm³/mol. The van der Waals surface area contributed by atoms with Gasteiger partial charge in [-0.2, -0.15) is 13.2 Å². The van der Waals surface area contributed by atoms with Crippen molar-refractivity contribution in [2.45, 2.75) is 18.0 Å². The summed E-state index contributed by atoms with van der Waals surface area (Å²) in [5.41, 5.74) is 7.28. The van der Waals surface area contributed by atoms with Crippen molar-refractivity contribution in [3.63, 3.8) is 0 Å². The number of hydrogen-bond acceptors (Lipinski definition) is 4. The van der Waals surface area contributed by atoms with E-state index >= 15 is 0 Å². The van der Waals surface area contributed by atoms with E-state index < -0.39 is 47.0 Å². The Morgan fingerprint density at radius 1 is 0.500 bits per heavy atom. The van der Waals surface area contributed by atoms with E-state index in [1.54, 1.807) is 95.9 Å². The Morgan fingerprint density at radius 3 is 1.25 bits per heavy atom. The van der Waals surface area contributed by atoms with E-state index in [0.29, 0.717) is 27.8 Å². The van der Waals surface area contributed by atoms with Crippen LogP contribution in [0.3, 0.4) is 0 Å². The third-order valence-corrected chi connectivity index (χ3v) is 8.33. The molecule has 0 radical (unpaired) electrons. The molecular weight excluding hydrogens is 727 g/mol. The summed E-state index contributed by atoms with van der Waals surface area (Å²) in [5.74, 6) is 7.34. The molecule has 0 aliphatic heterocycles. The Labute approximate surface area is 319 Å². The molecular formula is C45H31F5N2O4. The molecule has 0 aliphatic rings. The summed E-state index contributed by atoms with van der Waals surface area (Å²) in [6, 6.07) is 39.6. The lowest BCUT2D eigenvalue weighted by Crippen LogP contribution is -2.27. The SMILES string of the molecule is O=C(NO)C(c1ccccc1)c1ccc(C#Cc2ccc(C(F)(F)F)cc2)cc1.O=C(NO)C(c1ccccc1)c1ccc(C#Cc2ccc(F)cc2F)cc1. The number of nitrogens with one attached hydrogen (secondary N) is 2. The van der Waals surface area contributed by atoms with Crippen molar-refractivity contribution in [2.75, 3.05) is 0 Å². The van der Waals surface area contributed by atoms with Crippen molar-refractivity contribution in [2.24, 2.45) is 0 Å². The van der Waals surface area contributed by atoms with Gasteiger partial charge in [0, 0.05) is 22.8 Å². The molecule has 0 aliphatic carbocycles. The van der Waals surface area contributed by atoms with Gasteiger partial charge in [0.2, 0.25) is 0 Å². The maximum atomic E-state index is 13.6. The zero-order valence-electron chi connectivity index (χ0n) is 29.2. The van der Waals surface area contributed by atoms with E-state index in [1.807, 2.05) is 24.3 Å². The fraction of sp³-hybridized carbons (Fsp3) is 0.0667. The fourth-order valence-electron chi connectivity index (χ4n) is 5.55. The second-order valence-corrected chi connectivity index (χ2v) is 12.1. The molecule has 6 rings (SSSR count). The van der Waals surface area contributed by atoms with Crippen LogP contribution in [0.5, 0.6) is 0 Å². The number of amides is 2. The van der Waals surface area contributed by atoms with Crippen LogP contribution in [0.4, 0.5) is 22.0 Å². The first kappa shape index (κ1) is 40.1. The van der Waals surface area contributed by atoms with E-state index in [1.165, 1.54) is 18.2 Å². The molecule has 6 aromatic rings. The lowest BCUT2D eigenvalue weighted by Gasteiger charge is -2.15. The molecule has 0 heterocycles. The van der Waals surface area contributed by atoms with Crippen molar-refractivity contribution < 1.29 is 42.0 Å². The predicted octanol–water partition coefficient (Wildman–Crippen LogP) is 8.74. The second kappa shape index (κ2) is 18.8. The average Bonchev–Trinajstić information content (AvgIpc) is 3.21. The molecule has 2 unspecified atom stereocenters. The highest BCUT2D eigenvalue weighted by atomic mass is 19.4. The molecule has 280 valence electrons. The van der Waals surface area contributed by atoms with Crippen LogP contribution in [0.15, 0.2) is 152 Å². The molecule has 0 spiro atoms. The van der Waals surface area contributed by atoms with Gasteiger partial charge in [-0.25, -0.2) is 19.7 Å². The van der Waals surface area contributed by atoms with Gasteiger partial charge in [-0.05, 0) is 82.9 Å². The fourth-order valence-corrected chi connectivity index (χ4v) is 5.55. The van der Waals surface area contributed by atoms with Crippen molar-refractivity contribution >= 4 is 11.8 Å². The van der Waals surface area contributed by atoms with Gasteiger partial charge in [-0.15, -0.1) is 0 Å². The van der Waals surface area contributed by atoms with E-state index in [-0.39, 0.29) is 5.56 Å². The smallest absolute Gasteiger partial charge is 0.289 e. The molecule has 0 saturated carbocycles. The van der Waals surface area contributed by atoms with E-state index in [9.17, 15) is 31.5 Å². The Kier molecular flexibility index (Phi) is 13.5. The molecule has 0 fully saturated rings. The number of carbonyl (C=O) groups is 2. The first-order chi connectivity index (χ1) is 27.0. The largest absolute Gasteiger partial charge is 0.416 e. The lowest BCUT2D eigenvalue weighted by molar-refractivity contribution is -0.137. The van der Waals surface area contributed by atoms with Gasteiger partial charge < -0.3 is 0 Å². The summed E-state index contributed by atoms with van der Waals surface area (Å²) in [5, 5.41) is 18.1. The monoisotopic (exact) mass is 758 g/mol. The van der Waals surface area contributed by atoms with Crippen LogP contribution in [0.1, 0.15) is 61.9 Å². The molecule has 2 amide bonds. The van der Waals surface area contributed by atoms with Crippen molar-refractivity contribution in [3.05, 3.63) is 213 Å². The van der Waals surface area contributed by atoms with Gasteiger partial charge in [0.05, 0.1) is 23.0 Å². The number of carbonyl (C=O) groups excluding carboxylic acids is 2. The maximum absolute atomic E-state index is 13.6. The molecule has 0 aromatic heterocycles. The summed E-state index contributed by atoms with van der Waals surface area (Å²) in [6.45, 7) is 0. The number of halogens is 5. The maximum Gasteiger partial charge on any atom is 0.416 e. The van der Waals surface area contributed by atoms with Crippen LogP contribution in [0.25, 0.3) is 0 Å². The van der Waals surface area contributed by atoms with Gasteiger partial charge in [0.25, 0.3) is 11.8 Å². The lowest BCUT2D eigenvalue weighted by atomic mass is 9.90. The summed E-state index contributed by atoms with van der Waals surface area (Å²) in [6.07, 6.45) is -4.38. The average molecular weight is 759 g/mol. The number of alkyl halides is 3. The van der Waals surface area contributed by atoms with Gasteiger partial charge in [-0.1, -0.05) is 109 Å². The quantitative estimate of drug-likeness (QED) is 0.0591. The summed E-state index contributed by atoms with van der Waals surface area (Å²) in [7, 11) is 0. The number of hydroxylamine groups is 2. The standard InChI is InChI=1S/C23H16F3NO2.C22H15F2NO2/c24-23(25,26)20-14-10-17(11-15-20)7-6-16-8-12-19(13-9-16)21(22(28)27-29)18-4-2-1-3-5-18;23-19-13-12-16(20(24)14-19)9-6-15-7-10-18(11-8-15)21(22(26)25-27)17-4-2-1-3-5-17/h1-5,8-15,21,29H,(H,27,28);1-5,7-8,10-14,21,27H,(H,25,26). The summed E-state index contributed by atoms with van der Waals surface area (Å²) >= 11 is 0. The summed E-state index contributed by atoms with van der Waals surface area (Å²) < 4.78 is 64.3. The third-order valence-electron chi connectivity index (χ3n) is 8.33. The molecule has 4 N–H and O–H groups in total. The normalized spacial score (nSPS) is 11.6. The molecule has 56 heavy (non-hydrogen) atoms. The van der Waals surface area contributed by atoms with Crippen LogP contribution in [-0.2, 0) is 15.8 Å². The van der Waals surface area contributed by atoms with Crippen molar-refractivity contribution in [3.8, 4) is 23.7 Å². The highest BCUT2D eigenvalue weighted by Gasteiger charge is 2.30. The minimum absolute atomic E-state index is 0.0993. The third kappa shape index (κ3) is 10.8. The molecule has 0 bridgehead atoms. The minimum atomic E-state index is -4.38. The van der Waals surface area contributed by atoms with E-state index in [0.717, 1.165) is 35.4 Å². The van der Waals surface area contributed by atoms with Crippen LogP contribution in [0.2, 0.25) is 0 Å². The Hall–Kier alpha value is -7.05. The zero-order valence-corrected chi connectivity index (χ0v) is 29.2. The highest BCUT2D eigenvalue weighted by molar-refractivity contribution is 5.87. The number of hydrogen-bond donors (Lipinski definition) is 4. The zero-order chi connectivity index (χ0) is 40.1. The van der Waals surface area contributed by atoms with Gasteiger partial charge in [0.1, 0.15) is 11.6 Å². The van der Waals surface area contributed by atoms with Crippen LogP contribution in [-0.4, -0.2) is 22.2 Å². The summed E-state index contributed by atoms with van der Waals surface area (Å²) in [4.78, 5) is 24.2. The Morgan fingerprint density at radius 2 is 0.875 bits per heavy atom. The second-order valence-electron chi connectivity index (χ2n) is 12.1. The first-order valence-corrected chi connectivity index (χ1v) is 16.8. The first-order valence-electron chi connectivity index (χ1n) is 16.8. The van der Waals surface area contributed by atoms with Gasteiger partial charge >= 0.3 is 6.18 Å². The molecule has 11 heteroatoms. The molecule has 0 saturated heterocycles. The minimum Gasteiger partial charge on any atom is -0.289 e. The van der Waals surface area contributed by atoms with Crippen LogP contribution >= 0.6 is 0 Å². The van der Waals surface area contributed by atoms with Crippen LogP contribution < -0.4 is 11.0 Å². The van der Waals surface area contributed by atoms with Crippen LogP contribution in [0, 0.1) is 35.3 Å². The topological polar surface area (TPSA) is 98.7 Å².